The summed E-state index contributed by atoms with van der Waals surface area (Å²) in [5.41, 5.74) is 2.35. The Balaban J connectivity index is 1.38. The quantitative estimate of drug-likeness (QED) is 0.337. The van der Waals surface area contributed by atoms with Crippen molar-refractivity contribution in [2.24, 2.45) is 0 Å². The Hall–Kier alpha value is -4.04. The first kappa shape index (κ1) is 22.7. The van der Waals surface area contributed by atoms with E-state index in [1.807, 2.05) is 65.6 Å². The van der Waals surface area contributed by atoms with E-state index in [1.54, 1.807) is 6.20 Å². The summed E-state index contributed by atoms with van der Waals surface area (Å²) in [5, 5.41) is 6.68. The van der Waals surface area contributed by atoms with E-state index in [2.05, 4.69) is 15.6 Å². The van der Waals surface area contributed by atoms with Gasteiger partial charge in [-0.15, -0.1) is 0 Å². The molecule has 1 aliphatic rings. The Kier molecular flexibility index (Phi) is 6.54. The van der Waals surface area contributed by atoms with E-state index in [9.17, 15) is 9.18 Å². The lowest BCUT2D eigenvalue weighted by Gasteiger charge is -2.25. The molecule has 0 bridgehead atoms. The highest BCUT2D eigenvalue weighted by atomic mass is 32.1. The number of nitrogens with zero attached hydrogens (tertiary/aromatic N) is 2. The average molecular weight is 487 g/mol. The summed E-state index contributed by atoms with van der Waals surface area (Å²) in [6.45, 7) is 0.369. The molecule has 8 heteroatoms. The molecule has 3 heterocycles. The third-order valence-electron chi connectivity index (χ3n) is 5.88. The summed E-state index contributed by atoms with van der Waals surface area (Å²) in [4.78, 5) is 19.1. The predicted octanol–water partition coefficient (Wildman–Crippen LogP) is 5.48. The van der Waals surface area contributed by atoms with Crippen LogP contribution in [-0.4, -0.2) is 27.4 Å². The molecule has 1 fully saturated rings. The molecular weight excluding hydrogens is 463 g/mol. The van der Waals surface area contributed by atoms with Gasteiger partial charge in [0.05, 0.1) is 11.7 Å². The number of pyridine rings is 1. The van der Waals surface area contributed by atoms with Gasteiger partial charge in [0, 0.05) is 30.4 Å². The number of thiocarbonyl (C=S) groups is 1. The van der Waals surface area contributed by atoms with Crippen molar-refractivity contribution in [2.75, 3.05) is 11.9 Å². The van der Waals surface area contributed by atoms with Crippen LogP contribution in [0.25, 0.3) is 11.3 Å². The largest absolute Gasteiger partial charge is 0.459 e. The van der Waals surface area contributed by atoms with E-state index in [0.717, 1.165) is 22.8 Å². The van der Waals surface area contributed by atoms with Crippen molar-refractivity contribution in [1.29, 1.82) is 0 Å². The normalized spacial score (nSPS) is 17.3. The average Bonchev–Trinajstić information content (AvgIpc) is 3.50. The molecule has 2 N–H and O–H groups in total. The Bertz CT molecular complexity index is 1310. The van der Waals surface area contributed by atoms with Crippen LogP contribution in [0.1, 0.15) is 30.0 Å². The molecule has 0 aliphatic carbocycles. The summed E-state index contributed by atoms with van der Waals surface area (Å²) < 4.78 is 19.4. The molecular formula is C27H23FN4O2S. The number of anilines is 1. The zero-order valence-corrected chi connectivity index (χ0v) is 19.5. The fraction of sp³-hybridized carbons (Fsp3) is 0.148. The van der Waals surface area contributed by atoms with Crippen molar-refractivity contribution >= 4 is 28.9 Å². The number of carbonyl (C=O) groups is 1. The van der Waals surface area contributed by atoms with Gasteiger partial charge >= 0.3 is 0 Å². The summed E-state index contributed by atoms with van der Waals surface area (Å²) in [6.07, 6.45) is 1.93. The van der Waals surface area contributed by atoms with Gasteiger partial charge in [-0.1, -0.05) is 36.4 Å². The third-order valence-corrected chi connectivity index (χ3v) is 6.23. The van der Waals surface area contributed by atoms with Crippen LogP contribution < -0.4 is 10.6 Å². The van der Waals surface area contributed by atoms with Crippen LogP contribution in [0.4, 0.5) is 10.1 Å². The molecule has 1 saturated heterocycles. The molecule has 4 aromatic rings. The first-order chi connectivity index (χ1) is 17.1. The monoisotopic (exact) mass is 486 g/mol. The van der Waals surface area contributed by atoms with Crippen LogP contribution in [0.2, 0.25) is 0 Å². The number of aromatic nitrogens is 1. The van der Waals surface area contributed by atoms with Crippen LogP contribution in [-0.2, 0) is 4.79 Å². The predicted molar refractivity (Wildman–Crippen MR) is 136 cm³/mol. The van der Waals surface area contributed by atoms with Crippen LogP contribution >= 0.6 is 12.2 Å². The molecule has 0 radical (unpaired) electrons. The standard InChI is InChI=1S/C27H23FN4O2S/c28-19-9-11-20(12-10-19)30-24(33)15-17-32-26(25(31-27(32)35)21-8-4-5-16-29-21)23-14-13-22(34-23)18-6-2-1-3-7-18/h1-14,16,25-26H,15,17H2,(H,30,33)(H,31,35)/t25-,26+/m0/s1. The number of benzene rings is 2. The summed E-state index contributed by atoms with van der Waals surface area (Å²) in [7, 11) is 0. The minimum absolute atomic E-state index is 0.191. The van der Waals surface area contributed by atoms with Crippen molar-refractivity contribution in [1.82, 2.24) is 15.2 Å². The van der Waals surface area contributed by atoms with Gasteiger partial charge < -0.3 is 20.0 Å². The number of hydrogen-bond donors (Lipinski definition) is 2. The number of hydrogen-bond acceptors (Lipinski definition) is 4. The molecule has 2 atom stereocenters. The lowest BCUT2D eigenvalue weighted by Crippen LogP contribution is -2.32. The van der Waals surface area contributed by atoms with E-state index >= 15 is 0 Å². The second-order valence-corrected chi connectivity index (χ2v) is 8.58. The Morgan fingerprint density at radius 2 is 1.80 bits per heavy atom. The number of amides is 1. The summed E-state index contributed by atoms with van der Waals surface area (Å²) in [6, 6.07) is 24.7. The van der Waals surface area contributed by atoms with Gasteiger partial charge in [-0.2, -0.15) is 0 Å². The topological polar surface area (TPSA) is 70.4 Å². The summed E-state index contributed by atoms with van der Waals surface area (Å²) in [5.74, 6) is 0.940. The molecule has 35 heavy (non-hydrogen) atoms. The van der Waals surface area contributed by atoms with Crippen molar-refractivity contribution in [3.05, 3.63) is 108 Å². The van der Waals surface area contributed by atoms with E-state index in [-0.39, 0.29) is 30.2 Å². The number of halogens is 1. The minimum Gasteiger partial charge on any atom is -0.459 e. The van der Waals surface area contributed by atoms with Crippen LogP contribution in [0.5, 0.6) is 0 Å². The molecule has 1 amide bonds. The fourth-order valence-electron chi connectivity index (χ4n) is 4.20. The highest BCUT2D eigenvalue weighted by Gasteiger charge is 2.41. The molecule has 1 aliphatic heterocycles. The van der Waals surface area contributed by atoms with Gasteiger partial charge in [-0.05, 0) is 60.7 Å². The molecule has 0 spiro atoms. The zero-order chi connectivity index (χ0) is 24.2. The molecule has 5 rings (SSSR count). The lowest BCUT2D eigenvalue weighted by molar-refractivity contribution is -0.116. The highest BCUT2D eigenvalue weighted by Crippen LogP contribution is 2.40. The number of furan rings is 1. The molecule has 0 unspecified atom stereocenters. The van der Waals surface area contributed by atoms with Gasteiger partial charge in [-0.25, -0.2) is 4.39 Å². The van der Waals surface area contributed by atoms with E-state index in [0.29, 0.717) is 17.3 Å². The first-order valence-corrected chi connectivity index (χ1v) is 11.7. The number of nitrogens with one attached hydrogen (secondary N) is 2. The molecule has 6 nitrogen and oxygen atoms in total. The maximum absolute atomic E-state index is 13.2. The molecule has 176 valence electrons. The number of carbonyl (C=O) groups excluding carboxylic acids is 1. The first-order valence-electron chi connectivity index (χ1n) is 11.3. The van der Waals surface area contributed by atoms with Crippen molar-refractivity contribution in [3.63, 3.8) is 0 Å². The maximum Gasteiger partial charge on any atom is 0.226 e. The SMILES string of the molecule is O=C(CCN1C(=S)N[C@@H](c2ccccn2)[C@H]1c1ccc(-c2ccccc2)o1)Nc1ccc(F)cc1. The van der Waals surface area contributed by atoms with E-state index in [4.69, 9.17) is 16.6 Å². The van der Waals surface area contributed by atoms with Crippen LogP contribution in [0.3, 0.4) is 0 Å². The Morgan fingerprint density at radius 1 is 1.03 bits per heavy atom. The minimum atomic E-state index is -0.354. The fourth-order valence-corrected chi connectivity index (χ4v) is 4.54. The van der Waals surface area contributed by atoms with Gasteiger partial charge in [0.25, 0.3) is 0 Å². The highest BCUT2D eigenvalue weighted by molar-refractivity contribution is 7.80. The van der Waals surface area contributed by atoms with Crippen LogP contribution in [0, 0.1) is 5.82 Å². The van der Waals surface area contributed by atoms with Crippen molar-refractivity contribution < 1.29 is 13.6 Å². The third kappa shape index (κ3) is 5.07. The second kappa shape index (κ2) is 10.1. The maximum atomic E-state index is 13.2. The molecule has 2 aromatic carbocycles. The van der Waals surface area contributed by atoms with Crippen molar-refractivity contribution in [2.45, 2.75) is 18.5 Å². The van der Waals surface area contributed by atoms with Crippen molar-refractivity contribution in [3.8, 4) is 11.3 Å². The Morgan fingerprint density at radius 3 is 2.54 bits per heavy atom. The Labute approximate surface area is 207 Å². The zero-order valence-electron chi connectivity index (χ0n) is 18.7. The second-order valence-electron chi connectivity index (χ2n) is 8.19. The molecule has 0 saturated carbocycles. The lowest BCUT2D eigenvalue weighted by atomic mass is 10.0. The van der Waals surface area contributed by atoms with E-state index in [1.165, 1.54) is 24.3 Å². The van der Waals surface area contributed by atoms with Gasteiger partial charge in [0.15, 0.2) is 5.11 Å². The number of rotatable bonds is 7. The van der Waals surface area contributed by atoms with E-state index < -0.39 is 0 Å². The van der Waals surface area contributed by atoms with Crippen LogP contribution in [0.15, 0.2) is 95.5 Å². The van der Waals surface area contributed by atoms with Gasteiger partial charge in [-0.3, -0.25) is 9.78 Å². The molecule has 2 aromatic heterocycles. The van der Waals surface area contributed by atoms with Gasteiger partial charge in [0.2, 0.25) is 5.91 Å². The van der Waals surface area contributed by atoms with Gasteiger partial charge in [0.1, 0.15) is 23.4 Å². The smallest absolute Gasteiger partial charge is 0.226 e. The summed E-state index contributed by atoms with van der Waals surface area (Å²) >= 11 is 5.66.